The Labute approximate surface area is 109 Å². The van der Waals surface area contributed by atoms with Crippen molar-refractivity contribution in [3.8, 4) is 0 Å². The Morgan fingerprint density at radius 3 is 2.50 bits per heavy atom. The maximum absolute atomic E-state index is 6.39. The Morgan fingerprint density at radius 1 is 1.11 bits per heavy atom. The number of benzene rings is 2. The van der Waals surface area contributed by atoms with Crippen LogP contribution >= 0.6 is 0 Å². The number of rotatable bonds is 5. The Balaban J connectivity index is 2.29. The van der Waals surface area contributed by atoms with Crippen LogP contribution in [0.1, 0.15) is 24.9 Å². The summed E-state index contributed by atoms with van der Waals surface area (Å²) in [7, 11) is 1.98. The molecule has 0 fully saturated rings. The van der Waals surface area contributed by atoms with E-state index >= 15 is 0 Å². The quantitative estimate of drug-likeness (QED) is 0.845. The molecule has 0 bridgehead atoms. The zero-order valence-electron chi connectivity index (χ0n) is 11.2. The minimum absolute atomic E-state index is 0.104. The summed E-state index contributed by atoms with van der Waals surface area (Å²) in [6, 6.07) is 15.1. The van der Waals surface area contributed by atoms with Gasteiger partial charge < -0.3 is 11.1 Å². The maximum atomic E-state index is 6.39. The molecule has 2 aromatic carbocycles. The fourth-order valence-corrected chi connectivity index (χ4v) is 2.47. The van der Waals surface area contributed by atoms with Crippen LogP contribution in [0.3, 0.4) is 0 Å². The summed E-state index contributed by atoms with van der Waals surface area (Å²) in [6.07, 6.45) is 1.09. The van der Waals surface area contributed by atoms with E-state index in [0.717, 1.165) is 13.0 Å². The summed E-state index contributed by atoms with van der Waals surface area (Å²) < 4.78 is 0. The molecular weight excluding hydrogens is 220 g/mol. The van der Waals surface area contributed by atoms with Gasteiger partial charge in [-0.05, 0) is 41.9 Å². The van der Waals surface area contributed by atoms with Crippen LogP contribution in [-0.2, 0) is 0 Å². The van der Waals surface area contributed by atoms with Gasteiger partial charge in [-0.15, -0.1) is 0 Å². The molecule has 3 N–H and O–H groups in total. The van der Waals surface area contributed by atoms with Gasteiger partial charge in [-0.2, -0.15) is 0 Å². The molecular formula is C16H22N2. The summed E-state index contributed by atoms with van der Waals surface area (Å²) >= 11 is 0. The number of hydrogen-bond acceptors (Lipinski definition) is 2. The first-order valence-electron chi connectivity index (χ1n) is 6.65. The Kier molecular flexibility index (Phi) is 4.34. The van der Waals surface area contributed by atoms with E-state index in [4.69, 9.17) is 5.73 Å². The second-order valence-corrected chi connectivity index (χ2v) is 4.86. The molecule has 0 saturated carbocycles. The SMILES string of the molecule is CCC(CNC)C(N)c1ccc2ccccc2c1. The van der Waals surface area contributed by atoms with Gasteiger partial charge in [0.1, 0.15) is 0 Å². The number of nitrogens with one attached hydrogen (secondary N) is 1. The summed E-state index contributed by atoms with van der Waals surface area (Å²) in [5.41, 5.74) is 7.62. The van der Waals surface area contributed by atoms with Crippen LogP contribution < -0.4 is 11.1 Å². The Morgan fingerprint density at radius 2 is 1.83 bits per heavy atom. The second kappa shape index (κ2) is 5.98. The highest BCUT2D eigenvalue weighted by Crippen LogP contribution is 2.25. The van der Waals surface area contributed by atoms with Crippen LogP contribution in [0.2, 0.25) is 0 Å². The van der Waals surface area contributed by atoms with E-state index in [1.165, 1.54) is 16.3 Å². The third kappa shape index (κ3) is 2.71. The number of fused-ring (bicyclic) bond motifs is 1. The minimum atomic E-state index is 0.104. The minimum Gasteiger partial charge on any atom is -0.324 e. The largest absolute Gasteiger partial charge is 0.324 e. The molecule has 18 heavy (non-hydrogen) atoms. The average molecular weight is 242 g/mol. The molecule has 0 amide bonds. The molecule has 2 atom stereocenters. The first kappa shape index (κ1) is 13.1. The molecule has 2 unspecified atom stereocenters. The summed E-state index contributed by atoms with van der Waals surface area (Å²) in [4.78, 5) is 0. The van der Waals surface area contributed by atoms with Gasteiger partial charge >= 0.3 is 0 Å². The lowest BCUT2D eigenvalue weighted by Crippen LogP contribution is -2.29. The Bertz CT molecular complexity index is 507. The number of nitrogens with two attached hydrogens (primary N) is 1. The van der Waals surface area contributed by atoms with E-state index in [0.29, 0.717) is 5.92 Å². The summed E-state index contributed by atoms with van der Waals surface area (Å²) in [5.74, 6) is 0.483. The van der Waals surface area contributed by atoms with Gasteiger partial charge in [0.05, 0.1) is 0 Å². The smallest absolute Gasteiger partial charge is 0.0335 e. The molecule has 0 saturated heterocycles. The molecule has 0 radical (unpaired) electrons. The van der Waals surface area contributed by atoms with Crippen LogP contribution in [0.4, 0.5) is 0 Å². The lowest BCUT2D eigenvalue weighted by molar-refractivity contribution is 0.403. The fourth-order valence-electron chi connectivity index (χ4n) is 2.47. The molecule has 2 nitrogen and oxygen atoms in total. The van der Waals surface area contributed by atoms with Crippen molar-refractivity contribution < 1.29 is 0 Å². The third-order valence-electron chi connectivity index (χ3n) is 3.66. The normalized spacial score (nSPS) is 14.6. The van der Waals surface area contributed by atoms with E-state index in [1.807, 2.05) is 7.05 Å². The van der Waals surface area contributed by atoms with Gasteiger partial charge in [0, 0.05) is 6.04 Å². The number of hydrogen-bond donors (Lipinski definition) is 2. The maximum Gasteiger partial charge on any atom is 0.0335 e. The van der Waals surface area contributed by atoms with E-state index in [9.17, 15) is 0 Å². The van der Waals surface area contributed by atoms with Gasteiger partial charge in [-0.1, -0.05) is 49.7 Å². The Hall–Kier alpha value is -1.38. The van der Waals surface area contributed by atoms with Crippen molar-refractivity contribution in [2.75, 3.05) is 13.6 Å². The molecule has 96 valence electrons. The molecule has 0 spiro atoms. The lowest BCUT2D eigenvalue weighted by Gasteiger charge is -2.23. The van der Waals surface area contributed by atoms with Crippen molar-refractivity contribution in [2.24, 2.45) is 11.7 Å². The highest BCUT2D eigenvalue weighted by molar-refractivity contribution is 5.83. The molecule has 2 rings (SSSR count). The highest BCUT2D eigenvalue weighted by atomic mass is 14.8. The van der Waals surface area contributed by atoms with Gasteiger partial charge in [0.2, 0.25) is 0 Å². The van der Waals surface area contributed by atoms with Crippen LogP contribution in [0.5, 0.6) is 0 Å². The van der Waals surface area contributed by atoms with Gasteiger partial charge in [0.15, 0.2) is 0 Å². The van der Waals surface area contributed by atoms with Crippen LogP contribution in [0.25, 0.3) is 10.8 Å². The van der Waals surface area contributed by atoms with Crippen molar-refractivity contribution in [1.29, 1.82) is 0 Å². The molecule has 0 aliphatic heterocycles. The molecule has 0 aliphatic rings. The molecule has 0 heterocycles. The first-order chi connectivity index (χ1) is 8.76. The monoisotopic (exact) mass is 242 g/mol. The van der Waals surface area contributed by atoms with Crippen LogP contribution in [0, 0.1) is 5.92 Å². The third-order valence-corrected chi connectivity index (χ3v) is 3.66. The summed E-state index contributed by atoms with van der Waals surface area (Å²) in [5, 5.41) is 5.77. The molecule has 0 aliphatic carbocycles. The van der Waals surface area contributed by atoms with Crippen molar-refractivity contribution in [2.45, 2.75) is 19.4 Å². The summed E-state index contributed by atoms with van der Waals surface area (Å²) in [6.45, 7) is 3.16. The van der Waals surface area contributed by atoms with Crippen molar-refractivity contribution >= 4 is 10.8 Å². The van der Waals surface area contributed by atoms with E-state index < -0.39 is 0 Å². The molecule has 0 aromatic heterocycles. The van der Waals surface area contributed by atoms with E-state index in [1.54, 1.807) is 0 Å². The first-order valence-corrected chi connectivity index (χ1v) is 6.65. The topological polar surface area (TPSA) is 38.0 Å². The molecule has 2 aromatic rings. The average Bonchev–Trinajstić information content (AvgIpc) is 2.43. The van der Waals surface area contributed by atoms with Crippen molar-refractivity contribution in [1.82, 2.24) is 5.32 Å². The predicted molar refractivity (Wildman–Crippen MR) is 78.6 cm³/mol. The zero-order valence-corrected chi connectivity index (χ0v) is 11.2. The predicted octanol–water partition coefficient (Wildman–Crippen LogP) is 3.09. The second-order valence-electron chi connectivity index (χ2n) is 4.86. The van der Waals surface area contributed by atoms with Crippen LogP contribution in [0.15, 0.2) is 42.5 Å². The van der Waals surface area contributed by atoms with Crippen LogP contribution in [-0.4, -0.2) is 13.6 Å². The van der Waals surface area contributed by atoms with E-state index in [-0.39, 0.29) is 6.04 Å². The zero-order chi connectivity index (χ0) is 13.0. The van der Waals surface area contributed by atoms with Crippen molar-refractivity contribution in [3.05, 3.63) is 48.0 Å². The van der Waals surface area contributed by atoms with Gasteiger partial charge in [0.25, 0.3) is 0 Å². The standard InChI is InChI=1S/C16H22N2/c1-3-12(11-18-2)16(17)15-9-8-13-6-4-5-7-14(13)10-15/h4-10,12,16,18H,3,11,17H2,1-2H3. The lowest BCUT2D eigenvalue weighted by atomic mass is 9.90. The highest BCUT2D eigenvalue weighted by Gasteiger charge is 2.17. The van der Waals surface area contributed by atoms with Crippen molar-refractivity contribution in [3.63, 3.8) is 0 Å². The molecule has 2 heteroatoms. The fraction of sp³-hybridized carbons (Fsp3) is 0.375. The van der Waals surface area contributed by atoms with Gasteiger partial charge in [-0.25, -0.2) is 0 Å². The van der Waals surface area contributed by atoms with Gasteiger partial charge in [-0.3, -0.25) is 0 Å². The van der Waals surface area contributed by atoms with E-state index in [2.05, 4.69) is 54.7 Å².